The molecular formula is C20H23FN2O2. The molecule has 2 aromatic rings. The second-order valence-corrected chi connectivity index (χ2v) is 6.35. The minimum Gasteiger partial charge on any atom is -0.496 e. The van der Waals surface area contributed by atoms with Gasteiger partial charge in [-0.15, -0.1) is 0 Å². The minimum atomic E-state index is -0.455. The number of ether oxygens (including phenoxy) is 1. The minimum absolute atomic E-state index is 0.154. The normalized spacial score (nSPS) is 15.2. The number of benzene rings is 2. The summed E-state index contributed by atoms with van der Waals surface area (Å²) in [5, 5.41) is 0. The van der Waals surface area contributed by atoms with Crippen LogP contribution < -0.4 is 4.74 Å². The van der Waals surface area contributed by atoms with Crippen molar-refractivity contribution in [1.82, 2.24) is 9.80 Å². The maximum absolute atomic E-state index is 13.8. The zero-order valence-electron chi connectivity index (χ0n) is 14.7. The highest BCUT2D eigenvalue weighted by atomic mass is 19.1. The number of piperazine rings is 1. The van der Waals surface area contributed by atoms with Gasteiger partial charge in [0.15, 0.2) is 0 Å². The number of nitrogens with zero attached hydrogens (tertiary/aromatic N) is 2. The van der Waals surface area contributed by atoms with Crippen LogP contribution >= 0.6 is 0 Å². The topological polar surface area (TPSA) is 32.8 Å². The number of hydrogen-bond acceptors (Lipinski definition) is 3. The molecule has 0 unspecified atom stereocenters. The van der Waals surface area contributed by atoms with Gasteiger partial charge in [-0.2, -0.15) is 0 Å². The molecular weight excluding hydrogens is 319 g/mol. The fourth-order valence-corrected chi connectivity index (χ4v) is 3.21. The summed E-state index contributed by atoms with van der Waals surface area (Å²) in [5.41, 5.74) is 2.50. The van der Waals surface area contributed by atoms with Crippen molar-refractivity contribution < 1.29 is 13.9 Å². The second-order valence-electron chi connectivity index (χ2n) is 6.35. The molecule has 25 heavy (non-hydrogen) atoms. The molecule has 1 aliphatic heterocycles. The SMILES string of the molecule is COc1ccc(CN2CCN(C(=O)c3ccccc3F)CC2)cc1C. The number of rotatable bonds is 4. The van der Waals surface area contributed by atoms with E-state index in [4.69, 9.17) is 4.74 Å². The van der Waals surface area contributed by atoms with E-state index in [0.717, 1.165) is 30.9 Å². The van der Waals surface area contributed by atoms with Crippen molar-refractivity contribution in [3.8, 4) is 5.75 Å². The highest BCUT2D eigenvalue weighted by molar-refractivity contribution is 5.94. The Balaban J connectivity index is 1.58. The Bertz CT molecular complexity index is 755. The standard InChI is InChI=1S/C20H23FN2O2/c1-15-13-16(7-8-19(15)25-2)14-22-9-11-23(12-10-22)20(24)17-5-3-4-6-18(17)21/h3-8,13H,9-12,14H2,1-2H3. The molecule has 5 heteroatoms. The summed E-state index contributed by atoms with van der Waals surface area (Å²) >= 11 is 0. The average molecular weight is 342 g/mol. The molecule has 1 fully saturated rings. The molecule has 0 N–H and O–H groups in total. The lowest BCUT2D eigenvalue weighted by Crippen LogP contribution is -2.48. The van der Waals surface area contributed by atoms with Gasteiger partial charge >= 0.3 is 0 Å². The Kier molecular flexibility index (Phi) is 5.34. The third-order valence-corrected chi connectivity index (χ3v) is 4.63. The number of hydrogen-bond donors (Lipinski definition) is 0. The Hall–Kier alpha value is -2.40. The molecule has 1 heterocycles. The smallest absolute Gasteiger partial charge is 0.256 e. The molecule has 0 bridgehead atoms. The summed E-state index contributed by atoms with van der Waals surface area (Å²) in [7, 11) is 1.67. The molecule has 1 amide bonds. The highest BCUT2D eigenvalue weighted by Crippen LogP contribution is 2.20. The third kappa shape index (κ3) is 3.99. The lowest BCUT2D eigenvalue weighted by atomic mass is 10.1. The first kappa shape index (κ1) is 17.4. The van der Waals surface area contributed by atoms with E-state index in [1.165, 1.54) is 11.6 Å². The van der Waals surface area contributed by atoms with E-state index in [1.54, 1.807) is 30.2 Å². The van der Waals surface area contributed by atoms with Crippen molar-refractivity contribution in [3.63, 3.8) is 0 Å². The largest absolute Gasteiger partial charge is 0.496 e. The van der Waals surface area contributed by atoms with E-state index in [1.807, 2.05) is 13.0 Å². The van der Waals surface area contributed by atoms with E-state index < -0.39 is 5.82 Å². The van der Waals surface area contributed by atoms with Crippen molar-refractivity contribution in [2.75, 3.05) is 33.3 Å². The van der Waals surface area contributed by atoms with Crippen LogP contribution in [0.1, 0.15) is 21.5 Å². The van der Waals surface area contributed by atoms with E-state index >= 15 is 0 Å². The van der Waals surface area contributed by atoms with Gasteiger partial charge in [-0.25, -0.2) is 4.39 Å². The first-order chi connectivity index (χ1) is 12.1. The first-order valence-corrected chi connectivity index (χ1v) is 8.48. The van der Waals surface area contributed by atoms with Gasteiger partial charge in [-0.1, -0.05) is 24.3 Å². The van der Waals surface area contributed by atoms with Crippen LogP contribution in [-0.4, -0.2) is 49.0 Å². The van der Waals surface area contributed by atoms with Crippen LogP contribution in [0, 0.1) is 12.7 Å². The Morgan fingerprint density at radius 3 is 2.48 bits per heavy atom. The molecule has 1 aliphatic rings. The number of carbonyl (C=O) groups excluding carboxylic acids is 1. The number of halogens is 1. The molecule has 0 spiro atoms. The molecule has 4 nitrogen and oxygen atoms in total. The predicted octanol–water partition coefficient (Wildman–Crippen LogP) is 3.10. The van der Waals surface area contributed by atoms with Crippen LogP contribution in [0.5, 0.6) is 5.75 Å². The molecule has 132 valence electrons. The maximum Gasteiger partial charge on any atom is 0.256 e. The van der Waals surface area contributed by atoms with Crippen LogP contribution in [-0.2, 0) is 6.54 Å². The number of amides is 1. The number of methoxy groups -OCH3 is 1. The van der Waals surface area contributed by atoms with E-state index in [9.17, 15) is 9.18 Å². The average Bonchev–Trinajstić information content (AvgIpc) is 2.62. The van der Waals surface area contributed by atoms with E-state index in [2.05, 4.69) is 17.0 Å². The molecule has 0 radical (unpaired) electrons. The van der Waals surface area contributed by atoms with E-state index in [0.29, 0.717) is 13.1 Å². The summed E-state index contributed by atoms with van der Waals surface area (Å²) in [6.45, 7) is 5.67. The highest BCUT2D eigenvalue weighted by Gasteiger charge is 2.23. The van der Waals surface area contributed by atoms with Gasteiger partial charge < -0.3 is 9.64 Å². The molecule has 2 aromatic carbocycles. The molecule has 0 saturated carbocycles. The molecule has 0 aromatic heterocycles. The quantitative estimate of drug-likeness (QED) is 0.856. The van der Waals surface area contributed by atoms with Crippen molar-refractivity contribution in [2.24, 2.45) is 0 Å². The predicted molar refractivity (Wildman–Crippen MR) is 95.3 cm³/mol. The number of carbonyl (C=O) groups is 1. The van der Waals surface area contributed by atoms with Crippen LogP contribution in [0.25, 0.3) is 0 Å². The van der Waals surface area contributed by atoms with Crippen molar-refractivity contribution in [1.29, 1.82) is 0 Å². The molecule has 0 aliphatic carbocycles. The lowest BCUT2D eigenvalue weighted by Gasteiger charge is -2.35. The van der Waals surface area contributed by atoms with Gasteiger partial charge in [0.05, 0.1) is 12.7 Å². The van der Waals surface area contributed by atoms with Gasteiger partial charge in [-0.3, -0.25) is 9.69 Å². The summed E-state index contributed by atoms with van der Waals surface area (Å²) in [5.74, 6) is 0.214. The van der Waals surface area contributed by atoms with E-state index in [-0.39, 0.29) is 11.5 Å². The Morgan fingerprint density at radius 2 is 1.84 bits per heavy atom. The maximum atomic E-state index is 13.8. The van der Waals surface area contributed by atoms with Crippen molar-refractivity contribution in [2.45, 2.75) is 13.5 Å². The van der Waals surface area contributed by atoms with Gasteiger partial charge in [0.25, 0.3) is 5.91 Å². The molecule has 0 atom stereocenters. The van der Waals surface area contributed by atoms with Crippen LogP contribution in [0.2, 0.25) is 0 Å². The Morgan fingerprint density at radius 1 is 1.12 bits per heavy atom. The summed E-state index contributed by atoms with van der Waals surface area (Å²) in [4.78, 5) is 16.5. The third-order valence-electron chi connectivity index (χ3n) is 4.63. The second kappa shape index (κ2) is 7.66. The monoisotopic (exact) mass is 342 g/mol. The fourth-order valence-electron chi connectivity index (χ4n) is 3.21. The first-order valence-electron chi connectivity index (χ1n) is 8.48. The fraction of sp³-hybridized carbons (Fsp3) is 0.350. The van der Waals surface area contributed by atoms with Gasteiger partial charge in [0.1, 0.15) is 11.6 Å². The Labute approximate surface area is 147 Å². The van der Waals surface area contributed by atoms with Crippen molar-refractivity contribution in [3.05, 3.63) is 65.0 Å². The van der Waals surface area contributed by atoms with Gasteiger partial charge in [-0.05, 0) is 36.2 Å². The molecule has 3 rings (SSSR count). The van der Waals surface area contributed by atoms with Crippen molar-refractivity contribution >= 4 is 5.91 Å². The lowest BCUT2D eigenvalue weighted by molar-refractivity contribution is 0.0624. The number of aryl methyl sites for hydroxylation is 1. The van der Waals surface area contributed by atoms with Gasteiger partial charge in [0.2, 0.25) is 0 Å². The zero-order chi connectivity index (χ0) is 17.8. The van der Waals surface area contributed by atoms with Crippen LogP contribution in [0.4, 0.5) is 4.39 Å². The summed E-state index contributed by atoms with van der Waals surface area (Å²) in [6, 6.07) is 12.4. The zero-order valence-corrected chi connectivity index (χ0v) is 14.7. The van der Waals surface area contributed by atoms with Crippen LogP contribution in [0.15, 0.2) is 42.5 Å². The summed E-state index contributed by atoms with van der Waals surface area (Å²) in [6.07, 6.45) is 0. The van der Waals surface area contributed by atoms with Crippen LogP contribution in [0.3, 0.4) is 0 Å². The molecule has 1 saturated heterocycles. The summed E-state index contributed by atoms with van der Waals surface area (Å²) < 4.78 is 19.1. The van der Waals surface area contributed by atoms with Gasteiger partial charge in [0, 0.05) is 32.7 Å².